The van der Waals surface area contributed by atoms with E-state index in [2.05, 4.69) is 6.92 Å². The fourth-order valence-corrected chi connectivity index (χ4v) is 4.06. The van der Waals surface area contributed by atoms with Gasteiger partial charge in [-0.05, 0) is 38.0 Å². The number of carbonyl (C=O) groups is 1. The number of aliphatic hydroxyl groups is 2. The number of aryl methyl sites for hydroxylation is 1. The lowest BCUT2D eigenvalue weighted by molar-refractivity contribution is -0.114. The van der Waals surface area contributed by atoms with E-state index in [1.807, 2.05) is 31.7 Å². The number of furan rings is 1. The van der Waals surface area contributed by atoms with Gasteiger partial charge in [0.2, 0.25) is 0 Å². The third-order valence-corrected chi connectivity index (χ3v) is 5.95. The van der Waals surface area contributed by atoms with Crippen LogP contribution < -0.4 is 0 Å². The molecule has 0 saturated carbocycles. The smallest absolute Gasteiger partial charge is 0.289 e. The number of amides is 1. The number of rotatable bonds is 7. The largest absolute Gasteiger partial charge is 0.456 e. The van der Waals surface area contributed by atoms with Gasteiger partial charge in [0.05, 0.1) is 5.60 Å². The molecule has 1 amide bonds. The van der Waals surface area contributed by atoms with E-state index in [0.717, 1.165) is 22.8 Å². The number of thioether (sulfide) groups is 1. The normalized spacial score (nSPS) is 24.4. The maximum absolute atomic E-state index is 12.6. The van der Waals surface area contributed by atoms with Gasteiger partial charge in [-0.15, -0.1) is 0 Å². The molecule has 1 aliphatic heterocycles. The van der Waals surface area contributed by atoms with Crippen LogP contribution in [0.4, 0.5) is 0 Å². The molecule has 0 spiro atoms. The Morgan fingerprint density at radius 1 is 1.50 bits per heavy atom. The van der Waals surface area contributed by atoms with Crippen LogP contribution in [-0.4, -0.2) is 51.6 Å². The van der Waals surface area contributed by atoms with Crippen molar-refractivity contribution in [2.24, 2.45) is 0 Å². The van der Waals surface area contributed by atoms with E-state index in [1.54, 1.807) is 4.90 Å². The number of hydrogen-bond acceptors (Lipinski definition) is 5. The van der Waals surface area contributed by atoms with Gasteiger partial charge in [0.25, 0.3) is 5.91 Å². The summed E-state index contributed by atoms with van der Waals surface area (Å²) in [4.78, 5) is 14.2. The average Bonchev–Trinajstić information content (AvgIpc) is 2.94. The van der Waals surface area contributed by atoms with Crippen molar-refractivity contribution in [3.63, 3.8) is 0 Å². The van der Waals surface area contributed by atoms with E-state index in [9.17, 15) is 15.0 Å². The molecule has 5 nitrogen and oxygen atoms in total. The van der Waals surface area contributed by atoms with Crippen LogP contribution in [0, 0.1) is 6.92 Å². The first-order valence-electron chi connectivity index (χ1n) is 8.78. The fraction of sp³-hybridized carbons (Fsp3) is 0.722. The molecule has 1 aromatic rings. The quantitative estimate of drug-likeness (QED) is 0.736. The van der Waals surface area contributed by atoms with E-state index in [4.69, 9.17) is 4.42 Å². The van der Waals surface area contributed by atoms with Crippen LogP contribution in [0.3, 0.4) is 0 Å². The Hall–Kier alpha value is -0.980. The number of β-amino-alcohol motifs (C(OH)–C–C–N with tert-alkyl or cyclic N) is 1. The SMILES string of the molecule is CCCCSCc1cc(C(=O)N2CCC(O)(CC)C(O)C2)oc1C. The zero-order chi connectivity index (χ0) is 17.7. The summed E-state index contributed by atoms with van der Waals surface area (Å²) in [6.45, 7) is 6.48. The molecule has 0 aliphatic carbocycles. The molecule has 0 radical (unpaired) electrons. The summed E-state index contributed by atoms with van der Waals surface area (Å²) in [7, 11) is 0. The molecule has 1 aromatic heterocycles. The Labute approximate surface area is 148 Å². The number of aliphatic hydroxyl groups excluding tert-OH is 1. The van der Waals surface area contributed by atoms with E-state index in [1.165, 1.54) is 12.8 Å². The predicted octanol–water partition coefficient (Wildman–Crippen LogP) is 2.97. The summed E-state index contributed by atoms with van der Waals surface area (Å²) in [5, 5.41) is 20.4. The molecule has 0 aromatic carbocycles. The zero-order valence-electron chi connectivity index (χ0n) is 14.9. The van der Waals surface area contributed by atoms with Crippen molar-refractivity contribution in [2.45, 2.75) is 63.9 Å². The highest BCUT2D eigenvalue weighted by Gasteiger charge is 2.41. The number of nitrogens with zero attached hydrogens (tertiary/aromatic N) is 1. The second kappa shape index (κ2) is 8.41. The van der Waals surface area contributed by atoms with Crippen molar-refractivity contribution in [2.75, 3.05) is 18.8 Å². The lowest BCUT2D eigenvalue weighted by atomic mass is 9.86. The minimum atomic E-state index is -1.09. The number of piperidine rings is 1. The third kappa shape index (κ3) is 4.35. The zero-order valence-corrected chi connectivity index (χ0v) is 15.7. The topological polar surface area (TPSA) is 73.9 Å². The van der Waals surface area contributed by atoms with Crippen LogP contribution >= 0.6 is 11.8 Å². The average molecular weight is 356 g/mol. The van der Waals surface area contributed by atoms with Crippen LogP contribution in [0.1, 0.15) is 61.4 Å². The van der Waals surface area contributed by atoms with Crippen LogP contribution in [0.15, 0.2) is 10.5 Å². The van der Waals surface area contributed by atoms with Gasteiger partial charge in [-0.2, -0.15) is 11.8 Å². The van der Waals surface area contributed by atoms with E-state index in [-0.39, 0.29) is 12.5 Å². The van der Waals surface area contributed by atoms with Crippen LogP contribution in [0.2, 0.25) is 0 Å². The maximum atomic E-state index is 12.6. The molecule has 0 bridgehead atoms. The lowest BCUT2D eigenvalue weighted by Gasteiger charge is -2.41. The van der Waals surface area contributed by atoms with Crippen molar-refractivity contribution in [1.82, 2.24) is 4.90 Å². The summed E-state index contributed by atoms with van der Waals surface area (Å²) in [6.07, 6.45) is 2.33. The Balaban J connectivity index is 1.98. The number of unbranched alkanes of at least 4 members (excludes halogenated alkanes) is 1. The fourth-order valence-electron chi connectivity index (χ4n) is 2.91. The molecule has 136 valence electrons. The molecule has 2 N–H and O–H groups in total. The highest BCUT2D eigenvalue weighted by atomic mass is 32.2. The van der Waals surface area contributed by atoms with E-state index < -0.39 is 11.7 Å². The monoisotopic (exact) mass is 355 g/mol. The predicted molar refractivity (Wildman–Crippen MR) is 96.3 cm³/mol. The summed E-state index contributed by atoms with van der Waals surface area (Å²) in [6, 6.07) is 1.82. The first kappa shape index (κ1) is 19.3. The highest BCUT2D eigenvalue weighted by Crippen LogP contribution is 2.28. The maximum Gasteiger partial charge on any atom is 0.289 e. The summed E-state index contributed by atoms with van der Waals surface area (Å²) >= 11 is 1.85. The van der Waals surface area contributed by atoms with Crippen molar-refractivity contribution >= 4 is 17.7 Å². The number of hydrogen-bond donors (Lipinski definition) is 2. The summed E-state index contributed by atoms with van der Waals surface area (Å²) < 4.78 is 5.65. The van der Waals surface area contributed by atoms with Crippen molar-refractivity contribution in [3.8, 4) is 0 Å². The minimum Gasteiger partial charge on any atom is -0.456 e. The molecule has 2 atom stereocenters. The van der Waals surface area contributed by atoms with E-state index >= 15 is 0 Å². The summed E-state index contributed by atoms with van der Waals surface area (Å²) in [5.74, 6) is 2.86. The molecule has 2 unspecified atom stereocenters. The molecule has 6 heteroatoms. The van der Waals surface area contributed by atoms with Gasteiger partial charge in [-0.25, -0.2) is 0 Å². The molecule has 2 rings (SSSR count). The molecule has 2 heterocycles. The second-order valence-corrected chi connectivity index (χ2v) is 7.68. The molecule has 1 fully saturated rings. The Kier molecular flexibility index (Phi) is 6.78. The first-order valence-corrected chi connectivity index (χ1v) is 9.93. The molecular weight excluding hydrogens is 326 g/mol. The third-order valence-electron chi connectivity index (χ3n) is 4.86. The van der Waals surface area contributed by atoms with Crippen molar-refractivity contribution in [1.29, 1.82) is 0 Å². The molecule has 1 saturated heterocycles. The van der Waals surface area contributed by atoms with Gasteiger partial charge in [-0.1, -0.05) is 20.3 Å². The minimum absolute atomic E-state index is 0.142. The van der Waals surface area contributed by atoms with Gasteiger partial charge in [0.15, 0.2) is 5.76 Å². The Morgan fingerprint density at radius 3 is 2.88 bits per heavy atom. The van der Waals surface area contributed by atoms with E-state index in [0.29, 0.717) is 25.1 Å². The van der Waals surface area contributed by atoms with Gasteiger partial charge < -0.3 is 19.5 Å². The Morgan fingerprint density at radius 2 is 2.25 bits per heavy atom. The standard InChI is InChI=1S/C18H29NO4S/c1-4-6-9-24-12-14-10-15(23-13(14)3)17(21)19-8-7-18(22,5-2)16(20)11-19/h10,16,20,22H,4-9,11-12H2,1-3H3. The van der Waals surface area contributed by atoms with Gasteiger partial charge in [0.1, 0.15) is 11.9 Å². The molecule has 24 heavy (non-hydrogen) atoms. The second-order valence-electron chi connectivity index (χ2n) is 6.57. The molecule has 1 aliphatic rings. The van der Waals surface area contributed by atoms with Crippen LogP contribution in [0.5, 0.6) is 0 Å². The lowest BCUT2D eigenvalue weighted by Crippen LogP contribution is -2.56. The summed E-state index contributed by atoms with van der Waals surface area (Å²) in [5.41, 5.74) is -0.0289. The number of carbonyl (C=O) groups excluding carboxylic acids is 1. The van der Waals surface area contributed by atoms with Crippen LogP contribution in [0.25, 0.3) is 0 Å². The Bertz CT molecular complexity index is 559. The van der Waals surface area contributed by atoms with Gasteiger partial charge in [-0.3, -0.25) is 4.79 Å². The van der Waals surface area contributed by atoms with Crippen molar-refractivity contribution < 1.29 is 19.4 Å². The number of likely N-dealkylation sites (tertiary alicyclic amines) is 1. The van der Waals surface area contributed by atoms with Gasteiger partial charge in [0, 0.05) is 24.4 Å². The molecular formula is C18H29NO4S. The van der Waals surface area contributed by atoms with Crippen molar-refractivity contribution in [3.05, 3.63) is 23.2 Å². The van der Waals surface area contributed by atoms with Gasteiger partial charge >= 0.3 is 0 Å². The highest BCUT2D eigenvalue weighted by molar-refractivity contribution is 7.98. The van der Waals surface area contributed by atoms with Crippen LogP contribution in [-0.2, 0) is 5.75 Å². The first-order chi connectivity index (χ1) is 11.4.